The van der Waals surface area contributed by atoms with Gasteiger partial charge in [-0.3, -0.25) is 0 Å². The van der Waals surface area contributed by atoms with E-state index in [1.807, 2.05) is 6.92 Å². The Morgan fingerprint density at radius 1 is 1.09 bits per heavy atom. The zero-order valence-electron chi connectivity index (χ0n) is 12.0. The lowest BCUT2D eigenvalue weighted by Gasteiger charge is -2.10. The van der Waals surface area contributed by atoms with Crippen molar-refractivity contribution in [3.05, 3.63) is 48.5 Å². The van der Waals surface area contributed by atoms with E-state index in [9.17, 15) is 13.5 Å². The summed E-state index contributed by atoms with van der Waals surface area (Å²) in [5, 5.41) is 9.24. The minimum Gasteiger partial charge on any atom is -0.508 e. The van der Waals surface area contributed by atoms with Gasteiger partial charge in [-0.15, -0.1) is 0 Å². The Kier molecular flexibility index (Phi) is 3.58. The van der Waals surface area contributed by atoms with Gasteiger partial charge in [-0.25, -0.2) is 8.42 Å². The van der Waals surface area contributed by atoms with Crippen LogP contribution in [0.15, 0.2) is 58.3 Å². The average Bonchev–Trinajstić information content (AvgIpc) is 3.24. The van der Waals surface area contributed by atoms with Crippen molar-refractivity contribution in [1.29, 1.82) is 0 Å². The van der Waals surface area contributed by atoms with Crippen LogP contribution in [0.2, 0.25) is 0 Å². The highest BCUT2D eigenvalue weighted by molar-refractivity contribution is 7.91. The number of phenolic OH excluding ortho intramolecular Hbond substituents is 1. The van der Waals surface area contributed by atoms with Crippen molar-refractivity contribution in [3.8, 4) is 11.5 Å². The maximum absolute atomic E-state index is 12.4. The molecule has 1 unspecified atom stereocenters. The molecule has 0 spiro atoms. The summed E-state index contributed by atoms with van der Waals surface area (Å²) in [5.41, 5.74) is -0.212. The molecule has 1 atom stereocenters. The molecule has 1 aliphatic heterocycles. The Hall–Kier alpha value is -2.05. The Balaban J connectivity index is 1.77. The molecule has 0 aromatic heterocycles. The maximum atomic E-state index is 12.4. The van der Waals surface area contributed by atoms with Crippen LogP contribution < -0.4 is 4.74 Å². The van der Waals surface area contributed by atoms with E-state index in [-0.39, 0.29) is 21.1 Å². The third kappa shape index (κ3) is 3.08. The van der Waals surface area contributed by atoms with E-state index in [0.717, 1.165) is 0 Å². The number of benzene rings is 2. The summed E-state index contributed by atoms with van der Waals surface area (Å²) in [6, 6.07) is 11.7. The monoisotopic (exact) mass is 320 g/mol. The van der Waals surface area contributed by atoms with Crippen molar-refractivity contribution in [2.45, 2.75) is 22.3 Å². The van der Waals surface area contributed by atoms with Crippen LogP contribution >= 0.6 is 0 Å². The molecule has 0 bridgehead atoms. The first kappa shape index (κ1) is 14.9. The largest absolute Gasteiger partial charge is 0.508 e. The maximum Gasteiger partial charge on any atom is 0.206 e. The number of epoxide rings is 1. The van der Waals surface area contributed by atoms with E-state index in [2.05, 4.69) is 0 Å². The molecule has 5 nitrogen and oxygen atoms in total. The number of rotatable bonds is 5. The molecule has 2 aromatic carbocycles. The van der Waals surface area contributed by atoms with Crippen molar-refractivity contribution in [2.24, 2.45) is 0 Å². The van der Waals surface area contributed by atoms with Gasteiger partial charge in [-0.1, -0.05) is 0 Å². The molecule has 0 saturated carbocycles. The molecule has 3 rings (SSSR count). The van der Waals surface area contributed by atoms with E-state index in [0.29, 0.717) is 19.0 Å². The molecule has 1 heterocycles. The lowest BCUT2D eigenvalue weighted by atomic mass is 10.2. The fraction of sp³-hybridized carbons (Fsp3) is 0.250. The van der Waals surface area contributed by atoms with E-state index in [1.54, 1.807) is 12.1 Å². The number of sulfone groups is 1. The quantitative estimate of drug-likeness (QED) is 0.856. The number of hydrogen-bond donors (Lipinski definition) is 1. The van der Waals surface area contributed by atoms with Crippen LogP contribution in [0.3, 0.4) is 0 Å². The molecule has 116 valence electrons. The minimum absolute atomic E-state index is 0.0264. The molecule has 1 N–H and O–H groups in total. The van der Waals surface area contributed by atoms with Gasteiger partial charge in [0.1, 0.15) is 23.7 Å². The van der Waals surface area contributed by atoms with Crippen LogP contribution in [0.1, 0.15) is 6.92 Å². The summed E-state index contributed by atoms with van der Waals surface area (Å²) in [7, 11) is -3.59. The van der Waals surface area contributed by atoms with Gasteiger partial charge in [0.25, 0.3) is 0 Å². The molecule has 0 radical (unpaired) electrons. The molecule has 1 fully saturated rings. The highest BCUT2D eigenvalue weighted by Gasteiger charge is 2.40. The second kappa shape index (κ2) is 5.30. The standard InChI is InChI=1S/C16H16O5S/c1-16(11-21-16)10-20-13-4-8-15(9-5-13)22(18,19)14-6-2-12(17)3-7-14/h2-9,17H,10-11H2,1H3. The molecule has 0 amide bonds. The zero-order valence-corrected chi connectivity index (χ0v) is 12.8. The van der Waals surface area contributed by atoms with Crippen LogP contribution in [-0.4, -0.2) is 32.3 Å². The Morgan fingerprint density at radius 3 is 2.09 bits per heavy atom. The third-order valence-electron chi connectivity index (χ3n) is 3.46. The van der Waals surface area contributed by atoms with Crippen LogP contribution in [0, 0.1) is 0 Å². The van der Waals surface area contributed by atoms with Gasteiger partial charge in [0.05, 0.1) is 16.4 Å². The van der Waals surface area contributed by atoms with Gasteiger partial charge >= 0.3 is 0 Å². The third-order valence-corrected chi connectivity index (χ3v) is 5.25. The van der Waals surface area contributed by atoms with Gasteiger partial charge in [-0.2, -0.15) is 0 Å². The van der Waals surface area contributed by atoms with Crippen molar-refractivity contribution < 1.29 is 23.0 Å². The van der Waals surface area contributed by atoms with Crippen molar-refractivity contribution in [1.82, 2.24) is 0 Å². The lowest BCUT2D eigenvalue weighted by Crippen LogP contribution is -2.16. The zero-order chi connectivity index (χ0) is 15.8. The lowest BCUT2D eigenvalue weighted by molar-refractivity contribution is 0.202. The summed E-state index contributed by atoms with van der Waals surface area (Å²) in [6.07, 6.45) is 0. The first-order valence-electron chi connectivity index (χ1n) is 6.80. The van der Waals surface area contributed by atoms with Crippen molar-refractivity contribution in [2.75, 3.05) is 13.2 Å². The molecular formula is C16H16O5S. The first-order chi connectivity index (χ1) is 10.4. The van der Waals surface area contributed by atoms with Crippen LogP contribution in [0.25, 0.3) is 0 Å². The molecule has 1 aliphatic rings. The highest BCUT2D eigenvalue weighted by Crippen LogP contribution is 2.28. The summed E-state index contributed by atoms with van der Waals surface area (Å²) in [5.74, 6) is 0.625. The second-order valence-electron chi connectivity index (χ2n) is 5.50. The summed E-state index contributed by atoms with van der Waals surface area (Å²) >= 11 is 0. The molecule has 2 aromatic rings. The van der Waals surface area contributed by atoms with E-state index >= 15 is 0 Å². The molecule has 6 heteroatoms. The highest BCUT2D eigenvalue weighted by atomic mass is 32.2. The Bertz CT molecular complexity index is 759. The fourth-order valence-electron chi connectivity index (χ4n) is 1.92. The van der Waals surface area contributed by atoms with Crippen molar-refractivity contribution >= 4 is 9.84 Å². The van der Waals surface area contributed by atoms with Gasteiger partial charge in [0.2, 0.25) is 9.84 Å². The van der Waals surface area contributed by atoms with Gasteiger partial charge < -0.3 is 14.6 Å². The molecule has 22 heavy (non-hydrogen) atoms. The topological polar surface area (TPSA) is 76.1 Å². The van der Waals surface area contributed by atoms with Gasteiger partial charge in [0.15, 0.2) is 0 Å². The summed E-state index contributed by atoms with van der Waals surface area (Å²) in [6.45, 7) is 3.08. The van der Waals surface area contributed by atoms with Gasteiger partial charge in [0, 0.05) is 0 Å². The number of phenols is 1. The predicted molar refractivity (Wildman–Crippen MR) is 79.9 cm³/mol. The number of hydrogen-bond acceptors (Lipinski definition) is 5. The van der Waals surface area contributed by atoms with Crippen LogP contribution in [0.5, 0.6) is 11.5 Å². The predicted octanol–water partition coefficient (Wildman–Crippen LogP) is 2.39. The number of ether oxygens (including phenoxy) is 2. The van der Waals surface area contributed by atoms with Crippen molar-refractivity contribution in [3.63, 3.8) is 0 Å². The van der Waals surface area contributed by atoms with Gasteiger partial charge in [-0.05, 0) is 55.5 Å². The Morgan fingerprint density at radius 2 is 1.59 bits per heavy atom. The van der Waals surface area contributed by atoms with E-state index < -0.39 is 9.84 Å². The first-order valence-corrected chi connectivity index (χ1v) is 8.28. The second-order valence-corrected chi connectivity index (χ2v) is 7.45. The van der Waals surface area contributed by atoms with Crippen LogP contribution in [-0.2, 0) is 14.6 Å². The Labute approximate surface area is 129 Å². The van der Waals surface area contributed by atoms with E-state index in [4.69, 9.17) is 9.47 Å². The van der Waals surface area contributed by atoms with Crippen LogP contribution in [0.4, 0.5) is 0 Å². The molecular weight excluding hydrogens is 304 g/mol. The summed E-state index contributed by atoms with van der Waals surface area (Å²) < 4.78 is 35.7. The molecule has 0 aliphatic carbocycles. The average molecular weight is 320 g/mol. The molecule has 1 saturated heterocycles. The SMILES string of the molecule is CC1(COc2ccc(S(=O)(=O)c3ccc(O)cc3)cc2)CO1. The number of aromatic hydroxyl groups is 1. The fourth-order valence-corrected chi connectivity index (χ4v) is 3.18. The van der Waals surface area contributed by atoms with E-state index in [1.165, 1.54) is 36.4 Å². The summed E-state index contributed by atoms with van der Waals surface area (Å²) in [4.78, 5) is 0.317. The minimum atomic E-state index is -3.59. The normalized spacial score (nSPS) is 20.6. The smallest absolute Gasteiger partial charge is 0.206 e.